The van der Waals surface area contributed by atoms with Crippen LogP contribution in [0.25, 0.3) is 0 Å². The standard InChI is InChI=1S/C19H33O3Si/c1-4-7-10-13-16-20-19(23,21-17-14-11-8-5-2)22-18-15-12-9-6-3/h4-6H,1-3,7-18H2. The maximum absolute atomic E-state index is 5.78. The first-order valence-electron chi connectivity index (χ1n) is 8.68. The van der Waals surface area contributed by atoms with Gasteiger partial charge in [0.25, 0.3) is 0 Å². The Balaban J connectivity index is 4.07. The Bertz CT molecular complexity index is 259. The molecule has 0 heterocycles. The summed E-state index contributed by atoms with van der Waals surface area (Å²) in [7, 11) is 3.52. The molecular weight excluding hydrogens is 304 g/mol. The van der Waals surface area contributed by atoms with Gasteiger partial charge in [-0.2, -0.15) is 0 Å². The van der Waals surface area contributed by atoms with Crippen molar-refractivity contribution in [2.45, 2.75) is 63.4 Å². The highest BCUT2D eigenvalue weighted by Gasteiger charge is 2.26. The van der Waals surface area contributed by atoms with E-state index in [0.29, 0.717) is 19.8 Å². The minimum absolute atomic E-state index is 0.594. The molecule has 0 unspecified atom stereocenters. The highest BCUT2D eigenvalue weighted by molar-refractivity contribution is 6.12. The van der Waals surface area contributed by atoms with Gasteiger partial charge in [0.2, 0.25) is 5.60 Å². The third-order valence-electron chi connectivity index (χ3n) is 3.28. The van der Waals surface area contributed by atoms with Crippen LogP contribution in [0.2, 0.25) is 0 Å². The van der Waals surface area contributed by atoms with E-state index in [9.17, 15) is 0 Å². The van der Waals surface area contributed by atoms with E-state index >= 15 is 0 Å². The molecule has 0 aromatic heterocycles. The van der Waals surface area contributed by atoms with Crippen LogP contribution in [0, 0.1) is 0 Å². The van der Waals surface area contributed by atoms with Crippen LogP contribution < -0.4 is 0 Å². The highest BCUT2D eigenvalue weighted by atomic mass is 28.1. The van der Waals surface area contributed by atoms with Crippen molar-refractivity contribution in [3.05, 3.63) is 38.0 Å². The van der Waals surface area contributed by atoms with Crippen molar-refractivity contribution in [1.29, 1.82) is 0 Å². The largest absolute Gasteiger partial charge is 0.332 e. The van der Waals surface area contributed by atoms with Gasteiger partial charge in [0.15, 0.2) is 10.2 Å². The molecule has 3 radical (unpaired) electrons. The summed E-state index contributed by atoms with van der Waals surface area (Å²) < 4.78 is 17.4. The van der Waals surface area contributed by atoms with E-state index in [1.807, 2.05) is 18.2 Å². The Kier molecular flexibility index (Phi) is 15.7. The summed E-state index contributed by atoms with van der Waals surface area (Å²) >= 11 is 0. The Labute approximate surface area is 146 Å². The predicted octanol–water partition coefficient (Wildman–Crippen LogP) is 4.88. The Hall–Kier alpha value is -0.683. The summed E-state index contributed by atoms with van der Waals surface area (Å²) in [6, 6.07) is 0. The van der Waals surface area contributed by atoms with Crippen molar-refractivity contribution in [3.63, 3.8) is 0 Å². The van der Waals surface area contributed by atoms with Gasteiger partial charge in [-0.25, -0.2) is 0 Å². The lowest BCUT2D eigenvalue weighted by atomic mass is 10.2. The number of rotatable bonds is 18. The summed E-state index contributed by atoms with van der Waals surface area (Å²) in [5.41, 5.74) is -1.13. The smallest absolute Gasteiger partial charge is 0.248 e. The maximum Gasteiger partial charge on any atom is 0.248 e. The average molecular weight is 338 g/mol. The van der Waals surface area contributed by atoms with Crippen LogP contribution in [-0.4, -0.2) is 35.7 Å². The molecule has 0 aliphatic carbocycles. The number of hydrogen-bond donors (Lipinski definition) is 0. The number of ether oxygens (including phenoxy) is 3. The zero-order valence-corrected chi connectivity index (χ0v) is 15.6. The summed E-state index contributed by atoms with van der Waals surface area (Å²) in [6.07, 6.45) is 14.8. The zero-order chi connectivity index (χ0) is 17.2. The second-order valence-corrected chi connectivity index (χ2v) is 6.07. The second-order valence-electron chi connectivity index (χ2n) is 5.45. The maximum atomic E-state index is 5.78. The molecule has 0 atom stereocenters. The molecule has 0 saturated carbocycles. The van der Waals surface area contributed by atoms with E-state index in [2.05, 4.69) is 30.0 Å². The van der Waals surface area contributed by atoms with Gasteiger partial charge in [-0.3, -0.25) is 0 Å². The van der Waals surface area contributed by atoms with Crippen LogP contribution in [-0.2, 0) is 14.2 Å². The van der Waals surface area contributed by atoms with E-state index in [4.69, 9.17) is 14.2 Å². The molecule has 0 amide bonds. The van der Waals surface area contributed by atoms with Crippen LogP contribution in [0.3, 0.4) is 0 Å². The van der Waals surface area contributed by atoms with Gasteiger partial charge in [0, 0.05) is 0 Å². The molecular formula is C19H33O3Si. The topological polar surface area (TPSA) is 27.7 Å². The van der Waals surface area contributed by atoms with Crippen LogP contribution in [0.5, 0.6) is 0 Å². The molecule has 0 aromatic carbocycles. The summed E-state index contributed by atoms with van der Waals surface area (Å²) in [6.45, 7) is 13.0. The lowest BCUT2D eigenvalue weighted by molar-refractivity contribution is -0.325. The lowest BCUT2D eigenvalue weighted by Crippen LogP contribution is -2.41. The van der Waals surface area contributed by atoms with E-state index in [1.165, 1.54) is 0 Å². The third kappa shape index (κ3) is 14.6. The van der Waals surface area contributed by atoms with E-state index in [0.717, 1.165) is 57.8 Å². The molecule has 0 aromatic rings. The van der Waals surface area contributed by atoms with Crippen molar-refractivity contribution < 1.29 is 14.2 Å². The van der Waals surface area contributed by atoms with Crippen molar-refractivity contribution in [2.24, 2.45) is 0 Å². The van der Waals surface area contributed by atoms with Gasteiger partial charge in [-0.1, -0.05) is 18.2 Å². The molecule has 0 rings (SSSR count). The van der Waals surface area contributed by atoms with Crippen LogP contribution in [0.1, 0.15) is 57.8 Å². The quantitative estimate of drug-likeness (QED) is 0.154. The highest BCUT2D eigenvalue weighted by Crippen LogP contribution is 2.15. The van der Waals surface area contributed by atoms with Crippen LogP contribution in [0.15, 0.2) is 38.0 Å². The van der Waals surface area contributed by atoms with Gasteiger partial charge in [0.05, 0.1) is 19.8 Å². The minimum Gasteiger partial charge on any atom is -0.332 e. The third-order valence-corrected chi connectivity index (χ3v) is 3.72. The van der Waals surface area contributed by atoms with Gasteiger partial charge in [-0.15, -0.1) is 19.7 Å². The van der Waals surface area contributed by atoms with Crippen LogP contribution in [0.4, 0.5) is 0 Å². The molecule has 0 aliphatic rings. The monoisotopic (exact) mass is 337 g/mol. The lowest BCUT2D eigenvalue weighted by Gasteiger charge is -2.30. The van der Waals surface area contributed by atoms with Crippen molar-refractivity contribution in [1.82, 2.24) is 0 Å². The Morgan fingerprint density at radius 1 is 0.609 bits per heavy atom. The molecule has 4 heteroatoms. The number of unbranched alkanes of at least 4 members (excludes halogenated alkanes) is 6. The zero-order valence-electron chi connectivity index (χ0n) is 14.6. The van der Waals surface area contributed by atoms with E-state index in [1.54, 1.807) is 0 Å². The first kappa shape index (κ1) is 22.3. The summed E-state index contributed by atoms with van der Waals surface area (Å²) in [5.74, 6) is 0. The van der Waals surface area contributed by atoms with E-state index < -0.39 is 5.60 Å². The van der Waals surface area contributed by atoms with Crippen molar-refractivity contribution >= 4 is 10.2 Å². The summed E-state index contributed by atoms with van der Waals surface area (Å²) in [4.78, 5) is 0. The molecule has 0 saturated heterocycles. The summed E-state index contributed by atoms with van der Waals surface area (Å²) in [5, 5.41) is 0. The number of hydrogen-bond acceptors (Lipinski definition) is 3. The molecule has 23 heavy (non-hydrogen) atoms. The normalized spacial score (nSPS) is 11.3. The molecule has 0 spiro atoms. The van der Waals surface area contributed by atoms with Gasteiger partial charge in [-0.05, 0) is 57.8 Å². The van der Waals surface area contributed by atoms with Gasteiger partial charge >= 0.3 is 0 Å². The SMILES string of the molecule is C=CCCCCOC([Si])(OCCCCC=C)OCCCCC=C. The van der Waals surface area contributed by atoms with E-state index in [-0.39, 0.29) is 0 Å². The predicted molar refractivity (Wildman–Crippen MR) is 98.5 cm³/mol. The number of allylic oxidation sites excluding steroid dienone is 3. The molecule has 0 bridgehead atoms. The fraction of sp³-hybridized carbons (Fsp3) is 0.684. The van der Waals surface area contributed by atoms with Gasteiger partial charge < -0.3 is 14.2 Å². The fourth-order valence-electron chi connectivity index (χ4n) is 1.92. The fourth-order valence-corrected chi connectivity index (χ4v) is 2.22. The second kappa shape index (κ2) is 16.2. The average Bonchev–Trinajstić information content (AvgIpc) is 2.54. The Morgan fingerprint density at radius 2 is 0.913 bits per heavy atom. The molecule has 0 fully saturated rings. The van der Waals surface area contributed by atoms with Crippen molar-refractivity contribution in [2.75, 3.05) is 19.8 Å². The van der Waals surface area contributed by atoms with Crippen molar-refractivity contribution in [3.8, 4) is 0 Å². The van der Waals surface area contributed by atoms with Crippen LogP contribution >= 0.6 is 0 Å². The molecule has 131 valence electrons. The first-order valence-corrected chi connectivity index (χ1v) is 9.18. The molecule has 3 nitrogen and oxygen atoms in total. The molecule has 0 N–H and O–H groups in total. The first-order chi connectivity index (χ1) is 11.2. The minimum atomic E-state index is -1.13. The molecule has 0 aliphatic heterocycles. The van der Waals surface area contributed by atoms with Gasteiger partial charge in [0.1, 0.15) is 0 Å². The Morgan fingerprint density at radius 3 is 1.17 bits per heavy atom.